The van der Waals surface area contributed by atoms with Gasteiger partial charge in [-0.2, -0.15) is 0 Å². The zero-order valence-corrected chi connectivity index (χ0v) is 15.2. The van der Waals surface area contributed by atoms with E-state index in [1.54, 1.807) is 30.5 Å². The van der Waals surface area contributed by atoms with Gasteiger partial charge in [-0.1, -0.05) is 18.2 Å². The molecule has 1 fully saturated rings. The minimum Gasteiger partial charge on any atom is -0.379 e. The smallest absolute Gasteiger partial charge is 0.267 e. The number of aromatic nitrogens is 1. The van der Waals surface area contributed by atoms with Crippen molar-refractivity contribution in [1.29, 1.82) is 0 Å². The predicted molar refractivity (Wildman–Crippen MR) is 97.3 cm³/mol. The van der Waals surface area contributed by atoms with Crippen LogP contribution in [0.5, 0.6) is 0 Å². The number of allylic oxidation sites excluding steroid dienone is 1. The number of ether oxygens (including phenoxy) is 1. The molecule has 0 spiro atoms. The number of nitrogens with one attached hydrogen (secondary N) is 1. The van der Waals surface area contributed by atoms with E-state index in [-0.39, 0.29) is 4.90 Å². The molecule has 3 rings (SSSR count). The lowest BCUT2D eigenvalue weighted by Crippen LogP contribution is -2.35. The highest BCUT2D eigenvalue weighted by molar-refractivity contribution is 7.90. The molecule has 2 N–H and O–H groups in total. The Morgan fingerprint density at radius 2 is 1.85 bits per heavy atom. The SMILES string of the molecule is O=S(=O)(c1ccc(CN2CCOCC2)cc1)n1ccc(C/C=C/NO)c1. The van der Waals surface area contributed by atoms with Crippen LogP contribution in [0.2, 0.25) is 0 Å². The molecule has 26 heavy (non-hydrogen) atoms. The first kappa shape index (κ1) is 18.7. The number of benzene rings is 1. The number of hydrogen-bond donors (Lipinski definition) is 2. The number of rotatable bonds is 7. The molecule has 7 nitrogen and oxygen atoms in total. The first-order chi connectivity index (χ1) is 12.6. The fraction of sp³-hybridized carbons (Fsp3) is 0.333. The molecule has 1 aromatic carbocycles. The van der Waals surface area contributed by atoms with E-state index in [9.17, 15) is 8.42 Å². The van der Waals surface area contributed by atoms with Crippen molar-refractivity contribution in [3.8, 4) is 0 Å². The molecule has 1 aliphatic heterocycles. The average Bonchev–Trinajstić information content (AvgIpc) is 3.13. The van der Waals surface area contributed by atoms with Gasteiger partial charge in [0.2, 0.25) is 0 Å². The Balaban J connectivity index is 1.69. The zero-order chi connectivity index (χ0) is 18.4. The van der Waals surface area contributed by atoms with Crippen molar-refractivity contribution in [2.75, 3.05) is 26.3 Å². The summed E-state index contributed by atoms with van der Waals surface area (Å²) in [5, 5.41) is 8.51. The Morgan fingerprint density at radius 1 is 1.12 bits per heavy atom. The van der Waals surface area contributed by atoms with Crippen molar-refractivity contribution in [3.63, 3.8) is 0 Å². The average molecular weight is 377 g/mol. The lowest BCUT2D eigenvalue weighted by atomic mass is 10.2. The maximum absolute atomic E-state index is 12.7. The van der Waals surface area contributed by atoms with Crippen molar-refractivity contribution in [1.82, 2.24) is 14.4 Å². The summed E-state index contributed by atoms with van der Waals surface area (Å²) in [4.78, 5) is 2.55. The van der Waals surface area contributed by atoms with Gasteiger partial charge in [0.05, 0.1) is 18.1 Å². The van der Waals surface area contributed by atoms with Crippen LogP contribution in [0.4, 0.5) is 0 Å². The summed E-state index contributed by atoms with van der Waals surface area (Å²) in [6, 6.07) is 8.78. The van der Waals surface area contributed by atoms with Crippen molar-refractivity contribution < 1.29 is 18.4 Å². The second kappa shape index (κ2) is 8.50. The fourth-order valence-electron chi connectivity index (χ4n) is 2.84. The van der Waals surface area contributed by atoms with E-state index in [0.29, 0.717) is 6.42 Å². The third-order valence-electron chi connectivity index (χ3n) is 4.28. The normalized spacial score (nSPS) is 16.2. The predicted octanol–water partition coefficient (Wildman–Crippen LogP) is 1.59. The molecular weight excluding hydrogens is 354 g/mol. The van der Waals surface area contributed by atoms with Gasteiger partial charge < -0.3 is 4.74 Å². The molecule has 0 aliphatic carbocycles. The Hall–Kier alpha value is -2.13. The van der Waals surface area contributed by atoms with Crippen molar-refractivity contribution in [3.05, 3.63) is 66.1 Å². The fourth-order valence-corrected chi connectivity index (χ4v) is 4.06. The summed E-state index contributed by atoms with van der Waals surface area (Å²) in [5.41, 5.74) is 3.84. The lowest BCUT2D eigenvalue weighted by molar-refractivity contribution is 0.0342. The van der Waals surface area contributed by atoms with Crippen LogP contribution in [0.25, 0.3) is 0 Å². The molecule has 1 aliphatic rings. The minimum absolute atomic E-state index is 0.262. The first-order valence-corrected chi connectivity index (χ1v) is 9.90. The van der Waals surface area contributed by atoms with E-state index in [4.69, 9.17) is 9.94 Å². The van der Waals surface area contributed by atoms with Gasteiger partial charge in [-0.3, -0.25) is 15.6 Å². The van der Waals surface area contributed by atoms with E-state index in [0.717, 1.165) is 44.0 Å². The topological polar surface area (TPSA) is 83.8 Å². The Kier molecular flexibility index (Phi) is 6.10. The molecule has 0 amide bonds. The van der Waals surface area contributed by atoms with Gasteiger partial charge in [0, 0.05) is 38.2 Å². The van der Waals surface area contributed by atoms with Crippen molar-refractivity contribution in [2.45, 2.75) is 17.9 Å². The zero-order valence-electron chi connectivity index (χ0n) is 14.4. The van der Waals surface area contributed by atoms with Crippen molar-refractivity contribution in [2.24, 2.45) is 0 Å². The van der Waals surface area contributed by atoms with E-state index < -0.39 is 10.0 Å². The molecule has 2 aromatic rings. The van der Waals surface area contributed by atoms with Gasteiger partial charge in [0.1, 0.15) is 0 Å². The summed E-state index contributed by atoms with van der Waals surface area (Å²) in [7, 11) is -3.60. The van der Waals surface area contributed by atoms with Crippen molar-refractivity contribution >= 4 is 10.0 Å². The maximum Gasteiger partial charge on any atom is 0.267 e. The molecule has 0 unspecified atom stereocenters. The summed E-state index contributed by atoms with van der Waals surface area (Å²) in [6.45, 7) is 4.07. The van der Waals surface area contributed by atoms with Gasteiger partial charge in [-0.05, 0) is 35.7 Å². The van der Waals surface area contributed by atoms with Gasteiger partial charge in [-0.15, -0.1) is 0 Å². The Bertz CT molecular complexity index is 838. The molecule has 0 atom stereocenters. The molecule has 1 saturated heterocycles. The second-order valence-corrected chi connectivity index (χ2v) is 7.97. The Morgan fingerprint density at radius 3 is 2.54 bits per heavy atom. The van der Waals surface area contributed by atoms with Crippen LogP contribution in [0.15, 0.2) is 59.9 Å². The van der Waals surface area contributed by atoms with Crippen LogP contribution in [-0.4, -0.2) is 48.8 Å². The molecule has 140 valence electrons. The van der Waals surface area contributed by atoms with E-state index >= 15 is 0 Å². The Labute approximate surface area is 153 Å². The highest BCUT2D eigenvalue weighted by Gasteiger charge is 2.17. The highest BCUT2D eigenvalue weighted by Crippen LogP contribution is 2.17. The summed E-state index contributed by atoms with van der Waals surface area (Å²) in [6.07, 6.45) is 6.73. The number of hydrogen-bond acceptors (Lipinski definition) is 6. The molecular formula is C18H23N3O4S. The van der Waals surface area contributed by atoms with E-state index in [1.165, 1.54) is 16.4 Å². The third-order valence-corrected chi connectivity index (χ3v) is 5.93. The molecule has 2 heterocycles. The molecule has 0 radical (unpaired) electrons. The molecule has 0 saturated carbocycles. The van der Waals surface area contributed by atoms with Gasteiger partial charge >= 0.3 is 0 Å². The number of hydroxylamine groups is 1. The van der Waals surface area contributed by atoms with Crippen LogP contribution in [0.1, 0.15) is 11.1 Å². The summed E-state index contributed by atoms with van der Waals surface area (Å²) >= 11 is 0. The van der Waals surface area contributed by atoms with Crippen LogP contribution < -0.4 is 5.48 Å². The van der Waals surface area contributed by atoms with E-state index in [2.05, 4.69) is 4.90 Å². The molecule has 0 bridgehead atoms. The highest BCUT2D eigenvalue weighted by atomic mass is 32.2. The minimum atomic E-state index is -3.60. The van der Waals surface area contributed by atoms with Crippen LogP contribution in [0, 0.1) is 0 Å². The first-order valence-electron chi connectivity index (χ1n) is 8.46. The maximum atomic E-state index is 12.7. The van der Waals surface area contributed by atoms with Gasteiger partial charge in [-0.25, -0.2) is 12.4 Å². The lowest BCUT2D eigenvalue weighted by Gasteiger charge is -2.26. The second-order valence-electron chi connectivity index (χ2n) is 6.12. The van der Waals surface area contributed by atoms with Gasteiger partial charge in [0.25, 0.3) is 10.0 Å². The summed E-state index contributed by atoms with van der Waals surface area (Å²) in [5.74, 6) is 0. The van der Waals surface area contributed by atoms with Crippen LogP contribution >= 0.6 is 0 Å². The third kappa shape index (κ3) is 4.53. The standard InChI is InChI=1S/C18H23N3O4S/c22-19-8-1-2-16-7-9-21(15-16)26(23,24)18-5-3-17(4-6-18)14-20-10-12-25-13-11-20/h1,3-9,15,19,22H,2,10-14H2/b8-1+. The molecule has 1 aromatic heterocycles. The largest absolute Gasteiger partial charge is 0.379 e. The monoisotopic (exact) mass is 377 g/mol. The quantitative estimate of drug-likeness (QED) is 0.713. The molecule has 8 heteroatoms. The number of nitrogens with zero attached hydrogens (tertiary/aromatic N) is 2. The van der Waals surface area contributed by atoms with E-state index in [1.807, 2.05) is 17.6 Å². The van der Waals surface area contributed by atoms with Gasteiger partial charge in [0.15, 0.2) is 0 Å². The van der Waals surface area contributed by atoms with Crippen LogP contribution in [-0.2, 0) is 27.7 Å². The summed E-state index contributed by atoms with van der Waals surface area (Å²) < 4.78 is 32.0. The number of morpholine rings is 1. The van der Waals surface area contributed by atoms with Crippen LogP contribution in [0.3, 0.4) is 0 Å².